The number of para-hydroxylation sites is 3. The molecule has 0 aliphatic rings. The van der Waals surface area contributed by atoms with Crippen LogP contribution in [0.1, 0.15) is 23.6 Å². The summed E-state index contributed by atoms with van der Waals surface area (Å²) in [5, 5.41) is 33.6. The minimum absolute atomic E-state index is 0.0486. The van der Waals surface area contributed by atoms with Gasteiger partial charge in [0.25, 0.3) is 0 Å². The fourth-order valence-electron chi connectivity index (χ4n) is 2.87. The molecule has 3 aromatic rings. The van der Waals surface area contributed by atoms with Crippen molar-refractivity contribution in [3.8, 4) is 17.2 Å². The van der Waals surface area contributed by atoms with Crippen molar-refractivity contribution in [3.63, 3.8) is 0 Å². The molecular formula is C25H29F3N6O6. The first-order chi connectivity index (χ1) is 19.0. The Labute approximate surface area is 227 Å². The summed E-state index contributed by atoms with van der Waals surface area (Å²) in [5.74, 6) is 0.361. The number of benzene rings is 3. The molecule has 15 heteroatoms. The van der Waals surface area contributed by atoms with E-state index in [2.05, 4.69) is 20.2 Å². The third kappa shape index (κ3) is 10.6. The van der Waals surface area contributed by atoms with Gasteiger partial charge in [-0.15, -0.1) is 13.2 Å². The summed E-state index contributed by atoms with van der Waals surface area (Å²) in [7, 11) is 1.53. The molecule has 9 N–H and O–H groups in total. The van der Waals surface area contributed by atoms with Crippen molar-refractivity contribution in [2.45, 2.75) is 13.3 Å². The van der Waals surface area contributed by atoms with E-state index in [4.69, 9.17) is 42.3 Å². The number of nitrogens with two attached hydrogens (primary N) is 3. The van der Waals surface area contributed by atoms with E-state index in [9.17, 15) is 13.2 Å². The first-order valence-corrected chi connectivity index (χ1v) is 11.2. The van der Waals surface area contributed by atoms with Gasteiger partial charge in [0.1, 0.15) is 17.2 Å². The van der Waals surface area contributed by atoms with Gasteiger partial charge in [0.2, 0.25) is 0 Å². The van der Waals surface area contributed by atoms with Crippen molar-refractivity contribution in [2.24, 2.45) is 32.7 Å². The smallest absolute Gasteiger partial charge is 0.496 e. The number of nitrogens with zero attached hydrogens (tertiary/aromatic N) is 3. The Morgan fingerprint density at radius 3 is 1.40 bits per heavy atom. The monoisotopic (exact) mass is 566 g/mol. The van der Waals surface area contributed by atoms with Crippen LogP contribution in [-0.4, -0.2) is 53.2 Å². The van der Waals surface area contributed by atoms with Crippen molar-refractivity contribution < 1.29 is 43.0 Å². The standard InChI is InChI=1S/C9H12N2O2.C8H7F3N2O2.C8H10N2O2/c1-2-13-8-6-4-3-5-7(8)9(10)11-12;9-8(10,11)15-6-4-2-1-3-5(6)7(12)13-14;1-12-7-5-3-2-4-6(7)8(9)10-11/h3-6,12H,2H2,1H3,(H2,10,11);1-4,14H,(H2,12,13);2-5,11H,1H3,(H2,9,10). The Balaban J connectivity index is 0.000000302. The van der Waals surface area contributed by atoms with E-state index in [0.717, 1.165) is 6.07 Å². The molecule has 0 saturated heterocycles. The molecule has 216 valence electrons. The lowest BCUT2D eigenvalue weighted by atomic mass is 10.2. The number of ether oxygens (including phenoxy) is 3. The maximum atomic E-state index is 11.9. The van der Waals surface area contributed by atoms with Gasteiger partial charge in [0, 0.05) is 0 Å². The molecule has 40 heavy (non-hydrogen) atoms. The Kier molecular flexibility index (Phi) is 13.5. The molecule has 12 nitrogen and oxygen atoms in total. The van der Waals surface area contributed by atoms with Crippen LogP contribution in [0.4, 0.5) is 13.2 Å². The topological polar surface area (TPSA) is 204 Å². The van der Waals surface area contributed by atoms with Gasteiger partial charge in [-0.1, -0.05) is 51.9 Å². The Hall–Kier alpha value is -5.34. The van der Waals surface area contributed by atoms with E-state index in [0.29, 0.717) is 29.2 Å². The van der Waals surface area contributed by atoms with Crippen molar-refractivity contribution in [1.29, 1.82) is 0 Å². The lowest BCUT2D eigenvalue weighted by Crippen LogP contribution is -2.21. The average Bonchev–Trinajstić information content (AvgIpc) is 2.96. The van der Waals surface area contributed by atoms with E-state index in [-0.39, 0.29) is 17.2 Å². The van der Waals surface area contributed by atoms with Crippen LogP contribution in [0.25, 0.3) is 0 Å². The van der Waals surface area contributed by atoms with E-state index < -0.39 is 17.9 Å². The molecule has 3 rings (SSSR count). The van der Waals surface area contributed by atoms with Gasteiger partial charge in [0.05, 0.1) is 30.4 Å². The maximum absolute atomic E-state index is 11.9. The Bertz CT molecular complexity index is 1300. The molecule has 0 unspecified atom stereocenters. The summed E-state index contributed by atoms with van der Waals surface area (Å²) >= 11 is 0. The number of hydrogen-bond donors (Lipinski definition) is 6. The van der Waals surface area contributed by atoms with Gasteiger partial charge < -0.3 is 47.0 Å². The summed E-state index contributed by atoms with van der Waals surface area (Å²) < 4.78 is 49.7. The summed E-state index contributed by atoms with van der Waals surface area (Å²) in [5.41, 5.74) is 17.1. The zero-order chi connectivity index (χ0) is 30.1. The van der Waals surface area contributed by atoms with Gasteiger partial charge in [-0.3, -0.25) is 0 Å². The number of amidine groups is 3. The van der Waals surface area contributed by atoms with Crippen molar-refractivity contribution in [1.82, 2.24) is 0 Å². The second kappa shape index (κ2) is 16.5. The number of alkyl halides is 3. The fourth-order valence-corrected chi connectivity index (χ4v) is 2.87. The molecule has 0 aliphatic carbocycles. The van der Waals surface area contributed by atoms with Gasteiger partial charge in [-0.05, 0) is 43.3 Å². The zero-order valence-electron chi connectivity index (χ0n) is 21.4. The van der Waals surface area contributed by atoms with Crippen LogP contribution in [0.15, 0.2) is 88.3 Å². The highest BCUT2D eigenvalue weighted by molar-refractivity contribution is 6.00. The minimum atomic E-state index is -4.81. The molecule has 0 spiro atoms. The quantitative estimate of drug-likeness (QED) is 0.107. The average molecular weight is 567 g/mol. The van der Waals surface area contributed by atoms with Gasteiger partial charge in [-0.2, -0.15) is 0 Å². The van der Waals surface area contributed by atoms with Crippen molar-refractivity contribution in [3.05, 3.63) is 89.5 Å². The normalized spacial score (nSPS) is 11.8. The second-order valence-corrected chi connectivity index (χ2v) is 7.13. The molecular weight excluding hydrogens is 537 g/mol. The molecule has 0 atom stereocenters. The highest BCUT2D eigenvalue weighted by Crippen LogP contribution is 2.26. The SMILES string of the molecule is CCOc1ccccc1C(N)=NO.COc1ccccc1C(N)=NO.NC(=NO)c1ccccc1OC(F)(F)F. The molecule has 0 aromatic heterocycles. The van der Waals surface area contributed by atoms with E-state index in [1.807, 2.05) is 19.1 Å². The number of rotatable bonds is 7. The molecule has 3 aromatic carbocycles. The van der Waals surface area contributed by atoms with Crippen LogP contribution < -0.4 is 31.4 Å². The first kappa shape index (κ1) is 32.7. The lowest BCUT2D eigenvalue weighted by molar-refractivity contribution is -0.274. The molecule has 0 saturated carbocycles. The van der Waals surface area contributed by atoms with Crippen LogP contribution in [0, 0.1) is 0 Å². The largest absolute Gasteiger partial charge is 0.573 e. The van der Waals surface area contributed by atoms with Crippen LogP contribution in [-0.2, 0) is 0 Å². The number of methoxy groups -OCH3 is 1. The third-order valence-electron chi connectivity index (χ3n) is 4.56. The van der Waals surface area contributed by atoms with Gasteiger partial charge in [0.15, 0.2) is 17.5 Å². The minimum Gasteiger partial charge on any atom is -0.496 e. The van der Waals surface area contributed by atoms with Crippen molar-refractivity contribution in [2.75, 3.05) is 13.7 Å². The number of halogens is 3. The predicted octanol–water partition coefficient (Wildman–Crippen LogP) is 3.65. The van der Waals surface area contributed by atoms with Crippen molar-refractivity contribution >= 4 is 17.5 Å². The summed E-state index contributed by atoms with van der Waals surface area (Å²) in [6, 6.07) is 19.3. The lowest BCUT2D eigenvalue weighted by Gasteiger charge is -2.11. The summed E-state index contributed by atoms with van der Waals surface area (Å²) in [6.07, 6.45) is -4.81. The Morgan fingerprint density at radius 2 is 1.02 bits per heavy atom. The van der Waals surface area contributed by atoms with E-state index in [1.165, 1.54) is 25.3 Å². The molecule has 0 bridgehead atoms. The number of hydrogen-bond acceptors (Lipinski definition) is 9. The second-order valence-electron chi connectivity index (χ2n) is 7.13. The number of oxime groups is 3. The third-order valence-corrected chi connectivity index (χ3v) is 4.56. The molecule has 0 radical (unpaired) electrons. The van der Waals surface area contributed by atoms with Crippen LogP contribution in [0.5, 0.6) is 17.2 Å². The Morgan fingerprint density at radius 1 is 0.675 bits per heavy atom. The first-order valence-electron chi connectivity index (χ1n) is 11.2. The van der Waals surface area contributed by atoms with Crippen LogP contribution >= 0.6 is 0 Å². The van der Waals surface area contributed by atoms with Crippen LogP contribution in [0.2, 0.25) is 0 Å². The summed E-state index contributed by atoms with van der Waals surface area (Å²) in [4.78, 5) is 0. The highest BCUT2D eigenvalue weighted by Gasteiger charge is 2.32. The fraction of sp³-hybridized carbons (Fsp3) is 0.160. The molecule has 0 aliphatic heterocycles. The maximum Gasteiger partial charge on any atom is 0.573 e. The predicted molar refractivity (Wildman–Crippen MR) is 141 cm³/mol. The molecule has 0 amide bonds. The van der Waals surface area contributed by atoms with Crippen LogP contribution in [0.3, 0.4) is 0 Å². The molecule has 0 fully saturated rings. The van der Waals surface area contributed by atoms with E-state index >= 15 is 0 Å². The van der Waals surface area contributed by atoms with E-state index in [1.54, 1.807) is 36.4 Å². The van der Waals surface area contributed by atoms with Gasteiger partial charge in [-0.25, -0.2) is 0 Å². The summed E-state index contributed by atoms with van der Waals surface area (Å²) in [6.45, 7) is 2.43. The zero-order valence-corrected chi connectivity index (χ0v) is 21.4. The van der Waals surface area contributed by atoms with Gasteiger partial charge >= 0.3 is 6.36 Å². The highest BCUT2D eigenvalue weighted by atomic mass is 19.4. The molecule has 0 heterocycles.